The standard InChI is InChI=1S/C11H8BrN3O3/c1-7-9(15(16)17)3-2-4-10(7)18-11-13-5-8(12)6-14-11/h2-6H,1H3. The van der Waals surface area contributed by atoms with Crippen molar-refractivity contribution >= 4 is 21.6 Å². The number of ether oxygens (including phenoxy) is 1. The van der Waals surface area contributed by atoms with E-state index in [2.05, 4.69) is 25.9 Å². The Morgan fingerprint density at radius 3 is 2.61 bits per heavy atom. The van der Waals surface area contributed by atoms with E-state index in [4.69, 9.17) is 4.74 Å². The second kappa shape index (κ2) is 5.09. The van der Waals surface area contributed by atoms with Gasteiger partial charge < -0.3 is 4.74 Å². The third-order valence-corrected chi connectivity index (χ3v) is 2.66. The maximum absolute atomic E-state index is 10.8. The van der Waals surface area contributed by atoms with E-state index < -0.39 is 4.92 Å². The lowest BCUT2D eigenvalue weighted by Crippen LogP contribution is -1.96. The summed E-state index contributed by atoms with van der Waals surface area (Å²) in [6, 6.07) is 4.75. The van der Waals surface area contributed by atoms with Gasteiger partial charge in [0.05, 0.1) is 15.0 Å². The average Bonchev–Trinajstić information content (AvgIpc) is 2.34. The molecular formula is C11H8BrN3O3. The lowest BCUT2D eigenvalue weighted by atomic mass is 10.2. The number of hydrogen-bond acceptors (Lipinski definition) is 5. The molecule has 0 unspecified atom stereocenters. The first-order valence-corrected chi connectivity index (χ1v) is 5.76. The van der Waals surface area contributed by atoms with E-state index >= 15 is 0 Å². The van der Waals surface area contributed by atoms with Crippen molar-refractivity contribution in [1.29, 1.82) is 0 Å². The summed E-state index contributed by atoms with van der Waals surface area (Å²) < 4.78 is 6.13. The summed E-state index contributed by atoms with van der Waals surface area (Å²) in [5, 5.41) is 10.8. The van der Waals surface area contributed by atoms with Gasteiger partial charge in [-0.15, -0.1) is 0 Å². The molecule has 6 nitrogen and oxygen atoms in total. The van der Waals surface area contributed by atoms with Crippen molar-refractivity contribution < 1.29 is 9.66 Å². The fraction of sp³-hybridized carbons (Fsp3) is 0.0909. The van der Waals surface area contributed by atoms with Crippen molar-refractivity contribution in [2.75, 3.05) is 0 Å². The summed E-state index contributed by atoms with van der Waals surface area (Å²) in [5.74, 6) is 0.367. The number of hydrogen-bond donors (Lipinski definition) is 0. The predicted octanol–water partition coefficient (Wildman–Crippen LogP) is 3.25. The summed E-state index contributed by atoms with van der Waals surface area (Å²) in [5.41, 5.74) is 0.443. The number of benzene rings is 1. The summed E-state index contributed by atoms with van der Waals surface area (Å²) in [7, 11) is 0. The van der Waals surface area contributed by atoms with Gasteiger partial charge in [-0.2, -0.15) is 0 Å². The number of rotatable bonds is 3. The molecule has 18 heavy (non-hydrogen) atoms. The van der Waals surface area contributed by atoms with Crippen LogP contribution in [-0.2, 0) is 0 Å². The van der Waals surface area contributed by atoms with Gasteiger partial charge in [0, 0.05) is 18.5 Å². The van der Waals surface area contributed by atoms with Gasteiger partial charge in [-0.1, -0.05) is 6.07 Å². The molecule has 0 aliphatic rings. The molecule has 1 heterocycles. The average molecular weight is 310 g/mol. The second-order valence-electron chi connectivity index (χ2n) is 3.44. The van der Waals surface area contributed by atoms with Crippen molar-refractivity contribution in [3.05, 3.63) is 50.7 Å². The molecular weight excluding hydrogens is 302 g/mol. The molecule has 0 spiro atoms. The van der Waals surface area contributed by atoms with Gasteiger partial charge in [-0.25, -0.2) is 9.97 Å². The molecule has 2 rings (SSSR count). The summed E-state index contributed by atoms with van der Waals surface area (Å²) in [4.78, 5) is 18.2. The molecule has 0 atom stereocenters. The Balaban J connectivity index is 2.32. The minimum atomic E-state index is -0.454. The molecule has 0 fully saturated rings. The van der Waals surface area contributed by atoms with E-state index in [1.54, 1.807) is 19.1 Å². The number of halogens is 1. The molecule has 92 valence electrons. The van der Waals surface area contributed by atoms with Crippen LogP contribution >= 0.6 is 15.9 Å². The number of nitro benzene ring substituents is 1. The first-order valence-electron chi connectivity index (χ1n) is 4.97. The number of aromatic nitrogens is 2. The first kappa shape index (κ1) is 12.4. The largest absolute Gasteiger partial charge is 0.424 e. The predicted molar refractivity (Wildman–Crippen MR) is 67.6 cm³/mol. The molecule has 7 heteroatoms. The Morgan fingerprint density at radius 2 is 2.00 bits per heavy atom. The van der Waals surface area contributed by atoms with Gasteiger partial charge in [-0.3, -0.25) is 10.1 Å². The van der Waals surface area contributed by atoms with E-state index in [1.165, 1.54) is 18.5 Å². The fourth-order valence-electron chi connectivity index (χ4n) is 1.36. The summed E-state index contributed by atoms with van der Waals surface area (Å²) >= 11 is 3.21. The van der Waals surface area contributed by atoms with Gasteiger partial charge in [0.15, 0.2) is 0 Å². The van der Waals surface area contributed by atoms with Crippen LogP contribution in [0.15, 0.2) is 35.1 Å². The van der Waals surface area contributed by atoms with Gasteiger partial charge in [0.2, 0.25) is 0 Å². The third kappa shape index (κ3) is 2.62. The minimum Gasteiger partial charge on any atom is -0.424 e. The molecule has 0 aliphatic heterocycles. The van der Waals surface area contributed by atoms with Gasteiger partial charge in [0.25, 0.3) is 5.69 Å². The van der Waals surface area contributed by atoms with Crippen molar-refractivity contribution in [2.24, 2.45) is 0 Å². The molecule has 1 aromatic carbocycles. The Bertz CT molecular complexity index is 587. The molecule has 0 saturated heterocycles. The summed E-state index contributed by atoms with van der Waals surface area (Å²) in [6.07, 6.45) is 3.07. The van der Waals surface area contributed by atoms with E-state index in [0.717, 1.165) is 4.47 Å². The van der Waals surface area contributed by atoms with Crippen LogP contribution < -0.4 is 4.74 Å². The normalized spacial score (nSPS) is 10.1. The van der Waals surface area contributed by atoms with E-state index in [1.807, 2.05) is 0 Å². The van der Waals surface area contributed by atoms with Crippen LogP contribution in [-0.4, -0.2) is 14.9 Å². The van der Waals surface area contributed by atoms with Crippen LogP contribution in [0.5, 0.6) is 11.8 Å². The van der Waals surface area contributed by atoms with Crippen LogP contribution in [0.25, 0.3) is 0 Å². The molecule has 0 aliphatic carbocycles. The van der Waals surface area contributed by atoms with Crippen molar-refractivity contribution in [1.82, 2.24) is 9.97 Å². The quantitative estimate of drug-likeness (QED) is 0.642. The van der Waals surface area contributed by atoms with E-state index in [9.17, 15) is 10.1 Å². The van der Waals surface area contributed by atoms with Crippen molar-refractivity contribution in [3.8, 4) is 11.8 Å². The maximum atomic E-state index is 10.8. The maximum Gasteiger partial charge on any atom is 0.321 e. The topological polar surface area (TPSA) is 78.2 Å². The second-order valence-corrected chi connectivity index (χ2v) is 4.36. The fourth-order valence-corrected chi connectivity index (χ4v) is 1.57. The molecule has 0 radical (unpaired) electrons. The van der Waals surface area contributed by atoms with Gasteiger partial charge in [-0.05, 0) is 28.9 Å². The van der Waals surface area contributed by atoms with Crippen LogP contribution in [0.2, 0.25) is 0 Å². The summed E-state index contributed by atoms with van der Waals surface area (Å²) in [6.45, 7) is 1.62. The Labute approximate surface area is 111 Å². The Morgan fingerprint density at radius 1 is 1.33 bits per heavy atom. The van der Waals surface area contributed by atoms with Gasteiger partial charge in [0.1, 0.15) is 5.75 Å². The Kier molecular flexibility index (Phi) is 3.52. The SMILES string of the molecule is Cc1c(Oc2ncc(Br)cn2)cccc1[N+](=O)[O-]. The highest BCUT2D eigenvalue weighted by Gasteiger charge is 2.15. The molecule has 0 bridgehead atoms. The zero-order chi connectivity index (χ0) is 13.1. The van der Waals surface area contributed by atoms with E-state index in [-0.39, 0.29) is 11.7 Å². The highest BCUT2D eigenvalue weighted by molar-refractivity contribution is 9.10. The van der Waals surface area contributed by atoms with Crippen molar-refractivity contribution in [2.45, 2.75) is 6.92 Å². The molecule has 0 amide bonds. The zero-order valence-corrected chi connectivity index (χ0v) is 10.9. The lowest BCUT2D eigenvalue weighted by Gasteiger charge is -2.06. The highest BCUT2D eigenvalue weighted by Crippen LogP contribution is 2.29. The van der Waals surface area contributed by atoms with Crippen LogP contribution in [0.1, 0.15) is 5.56 Å². The van der Waals surface area contributed by atoms with Crippen LogP contribution in [0, 0.1) is 17.0 Å². The molecule has 1 aromatic heterocycles. The number of nitrogens with zero attached hydrogens (tertiary/aromatic N) is 3. The zero-order valence-electron chi connectivity index (χ0n) is 9.33. The Hall–Kier alpha value is -2.02. The monoisotopic (exact) mass is 309 g/mol. The smallest absolute Gasteiger partial charge is 0.321 e. The molecule has 2 aromatic rings. The minimum absolute atomic E-state index is 0.00427. The number of nitro groups is 1. The third-order valence-electron chi connectivity index (χ3n) is 2.25. The van der Waals surface area contributed by atoms with E-state index in [0.29, 0.717) is 11.3 Å². The molecule has 0 N–H and O–H groups in total. The van der Waals surface area contributed by atoms with Crippen molar-refractivity contribution in [3.63, 3.8) is 0 Å². The molecule has 0 saturated carbocycles. The lowest BCUT2D eigenvalue weighted by molar-refractivity contribution is -0.385. The highest BCUT2D eigenvalue weighted by atomic mass is 79.9. The van der Waals surface area contributed by atoms with Crippen LogP contribution in [0.3, 0.4) is 0 Å². The van der Waals surface area contributed by atoms with Crippen LogP contribution in [0.4, 0.5) is 5.69 Å². The van der Waals surface area contributed by atoms with Gasteiger partial charge >= 0.3 is 6.01 Å². The first-order chi connectivity index (χ1) is 8.58.